The molecule has 0 radical (unpaired) electrons. The molecule has 0 bridgehead atoms. The molecule has 6 nitrogen and oxygen atoms in total. The summed E-state index contributed by atoms with van der Waals surface area (Å²) in [4.78, 5) is 24.9. The third-order valence-corrected chi connectivity index (χ3v) is 7.65. The summed E-state index contributed by atoms with van der Waals surface area (Å²) in [5.41, 5.74) is 3.60. The zero-order valence-electron chi connectivity index (χ0n) is 19.6. The first kappa shape index (κ1) is 24.0. The molecule has 0 saturated carbocycles. The largest absolute Gasteiger partial charge is 0.322 e. The van der Waals surface area contributed by atoms with Gasteiger partial charge in [0.2, 0.25) is 21.7 Å². The van der Waals surface area contributed by atoms with Gasteiger partial charge in [-0.05, 0) is 47.5 Å². The Kier molecular flexibility index (Phi) is 6.53. The van der Waals surface area contributed by atoms with E-state index in [-0.39, 0.29) is 21.6 Å². The minimum atomic E-state index is -3.83. The first-order chi connectivity index (χ1) is 17.9. The number of carbonyl (C=O) groups is 2. The lowest BCUT2D eigenvalue weighted by molar-refractivity contribution is -0.112. The standard InChI is InChI=1S/C30H22N2O4S/c33-29(17-11-21-7-3-1-4-8-21)31-23-13-15-25-26-16-14-24(20-28(26)37(35,36)27(25)19-23)32-30(34)18-12-22-9-5-2-6-10-22/h1-20H,(H,31,33)(H,32,34)/b17-11+,18-12+. The molecule has 0 saturated heterocycles. The summed E-state index contributed by atoms with van der Waals surface area (Å²) in [6.45, 7) is 0. The van der Waals surface area contributed by atoms with E-state index in [0.29, 0.717) is 22.5 Å². The van der Waals surface area contributed by atoms with Gasteiger partial charge in [-0.25, -0.2) is 8.42 Å². The molecule has 0 atom stereocenters. The van der Waals surface area contributed by atoms with Crippen LogP contribution in [0.1, 0.15) is 11.1 Å². The second kappa shape index (κ2) is 10.1. The van der Waals surface area contributed by atoms with Crippen LogP contribution in [0, 0.1) is 0 Å². The van der Waals surface area contributed by atoms with Crippen LogP contribution in [0.15, 0.2) is 119 Å². The van der Waals surface area contributed by atoms with Gasteiger partial charge in [0.05, 0.1) is 9.79 Å². The molecular weight excluding hydrogens is 484 g/mol. The smallest absolute Gasteiger partial charge is 0.248 e. The fraction of sp³-hybridized carbons (Fsp3) is 0. The van der Waals surface area contributed by atoms with Crippen LogP contribution in [0.25, 0.3) is 23.3 Å². The van der Waals surface area contributed by atoms with Crippen LogP contribution in [0.2, 0.25) is 0 Å². The van der Waals surface area contributed by atoms with Crippen molar-refractivity contribution in [2.75, 3.05) is 10.6 Å². The van der Waals surface area contributed by atoms with Crippen molar-refractivity contribution in [2.24, 2.45) is 0 Å². The molecule has 0 fully saturated rings. The third kappa shape index (κ3) is 5.27. The number of hydrogen-bond acceptors (Lipinski definition) is 4. The normalized spacial score (nSPS) is 13.3. The van der Waals surface area contributed by atoms with E-state index in [4.69, 9.17) is 0 Å². The van der Waals surface area contributed by atoms with Crippen molar-refractivity contribution in [1.82, 2.24) is 0 Å². The highest BCUT2D eigenvalue weighted by molar-refractivity contribution is 7.92. The highest BCUT2D eigenvalue weighted by Crippen LogP contribution is 2.45. The molecule has 2 N–H and O–H groups in total. The summed E-state index contributed by atoms with van der Waals surface area (Å²) in [5, 5.41) is 5.43. The number of hydrogen-bond donors (Lipinski definition) is 2. The number of benzene rings is 4. The molecule has 7 heteroatoms. The van der Waals surface area contributed by atoms with Crippen LogP contribution in [0.4, 0.5) is 11.4 Å². The van der Waals surface area contributed by atoms with Gasteiger partial charge in [-0.3, -0.25) is 9.59 Å². The van der Waals surface area contributed by atoms with Crippen LogP contribution < -0.4 is 10.6 Å². The van der Waals surface area contributed by atoms with E-state index in [2.05, 4.69) is 10.6 Å². The highest BCUT2D eigenvalue weighted by Gasteiger charge is 2.33. The SMILES string of the molecule is O=C(/C=C/c1ccccc1)Nc1ccc2c(c1)S(=O)(=O)c1cc(NC(=O)/C=C/c3ccccc3)ccc1-2. The predicted molar refractivity (Wildman–Crippen MR) is 146 cm³/mol. The lowest BCUT2D eigenvalue weighted by Crippen LogP contribution is -2.09. The second-order valence-corrected chi connectivity index (χ2v) is 10.3. The van der Waals surface area contributed by atoms with Gasteiger partial charge in [0.25, 0.3) is 0 Å². The van der Waals surface area contributed by atoms with E-state index in [1.807, 2.05) is 60.7 Å². The summed E-state index contributed by atoms with van der Waals surface area (Å²) >= 11 is 0. The van der Waals surface area contributed by atoms with E-state index in [1.165, 1.54) is 24.3 Å². The van der Waals surface area contributed by atoms with Gasteiger partial charge in [0.1, 0.15) is 0 Å². The Hall–Kier alpha value is -4.75. The summed E-state index contributed by atoms with van der Waals surface area (Å²) in [6, 6.07) is 28.4. The van der Waals surface area contributed by atoms with Crippen LogP contribution in [-0.2, 0) is 19.4 Å². The van der Waals surface area contributed by atoms with Gasteiger partial charge < -0.3 is 10.6 Å². The summed E-state index contributed by atoms with van der Waals surface area (Å²) < 4.78 is 26.6. The minimum Gasteiger partial charge on any atom is -0.322 e. The number of sulfone groups is 1. The fourth-order valence-corrected chi connectivity index (χ4v) is 5.78. The van der Waals surface area contributed by atoms with Crippen molar-refractivity contribution in [3.8, 4) is 11.1 Å². The van der Waals surface area contributed by atoms with E-state index in [0.717, 1.165) is 11.1 Å². The molecule has 4 aromatic carbocycles. The van der Waals surface area contributed by atoms with Crippen LogP contribution >= 0.6 is 0 Å². The molecule has 37 heavy (non-hydrogen) atoms. The predicted octanol–water partition coefficient (Wildman–Crippen LogP) is 5.80. The summed E-state index contributed by atoms with van der Waals surface area (Å²) in [7, 11) is -3.83. The number of amides is 2. The Morgan fingerprint density at radius 2 is 0.973 bits per heavy atom. The summed E-state index contributed by atoms with van der Waals surface area (Å²) in [5.74, 6) is -0.740. The first-order valence-electron chi connectivity index (χ1n) is 11.5. The monoisotopic (exact) mass is 506 g/mol. The summed E-state index contributed by atoms with van der Waals surface area (Å²) in [6.07, 6.45) is 6.15. The fourth-order valence-electron chi connectivity index (χ4n) is 4.05. The van der Waals surface area contributed by atoms with E-state index >= 15 is 0 Å². The lowest BCUT2D eigenvalue weighted by atomic mass is 10.0. The lowest BCUT2D eigenvalue weighted by Gasteiger charge is -2.05. The van der Waals surface area contributed by atoms with Crippen molar-refractivity contribution >= 4 is 45.2 Å². The van der Waals surface area contributed by atoms with E-state index < -0.39 is 9.84 Å². The Bertz CT molecular complexity index is 1540. The van der Waals surface area contributed by atoms with Crippen LogP contribution in [0.5, 0.6) is 0 Å². The van der Waals surface area contributed by atoms with Crippen molar-refractivity contribution in [3.05, 3.63) is 120 Å². The van der Waals surface area contributed by atoms with Gasteiger partial charge in [0, 0.05) is 34.7 Å². The third-order valence-electron chi connectivity index (χ3n) is 5.82. The van der Waals surface area contributed by atoms with Gasteiger partial charge in [-0.2, -0.15) is 0 Å². The van der Waals surface area contributed by atoms with Crippen LogP contribution in [0.3, 0.4) is 0 Å². The molecule has 0 unspecified atom stereocenters. The molecule has 2 amide bonds. The van der Waals surface area contributed by atoms with Crippen molar-refractivity contribution in [2.45, 2.75) is 9.79 Å². The van der Waals surface area contributed by atoms with Crippen molar-refractivity contribution in [3.63, 3.8) is 0 Å². The molecule has 0 aliphatic carbocycles. The Balaban J connectivity index is 1.33. The average molecular weight is 507 g/mol. The zero-order chi connectivity index (χ0) is 25.8. The molecule has 1 heterocycles. The molecule has 4 aromatic rings. The molecular formula is C30H22N2O4S. The molecule has 0 spiro atoms. The number of nitrogens with one attached hydrogen (secondary N) is 2. The van der Waals surface area contributed by atoms with E-state index in [9.17, 15) is 18.0 Å². The van der Waals surface area contributed by atoms with Gasteiger partial charge in [0.15, 0.2) is 0 Å². The topological polar surface area (TPSA) is 92.3 Å². The Morgan fingerprint density at radius 3 is 1.38 bits per heavy atom. The molecule has 0 aromatic heterocycles. The maximum atomic E-state index is 13.3. The van der Waals surface area contributed by atoms with Gasteiger partial charge in [-0.1, -0.05) is 72.8 Å². The Morgan fingerprint density at radius 1 is 0.568 bits per heavy atom. The number of rotatable bonds is 6. The second-order valence-electron chi connectivity index (χ2n) is 8.39. The highest BCUT2D eigenvalue weighted by atomic mass is 32.2. The number of anilines is 2. The molecule has 1 aliphatic heterocycles. The van der Waals surface area contributed by atoms with Gasteiger partial charge in [-0.15, -0.1) is 0 Å². The van der Waals surface area contributed by atoms with Gasteiger partial charge >= 0.3 is 0 Å². The zero-order valence-corrected chi connectivity index (χ0v) is 20.4. The van der Waals surface area contributed by atoms with E-state index in [1.54, 1.807) is 36.4 Å². The first-order valence-corrected chi connectivity index (χ1v) is 13.0. The maximum absolute atomic E-state index is 13.3. The quantitative estimate of drug-likeness (QED) is 0.285. The van der Waals surface area contributed by atoms with Crippen molar-refractivity contribution < 1.29 is 18.0 Å². The molecule has 182 valence electrons. The average Bonchev–Trinajstić information content (AvgIpc) is 3.13. The Labute approximate surface area is 214 Å². The van der Waals surface area contributed by atoms with Crippen LogP contribution in [-0.4, -0.2) is 20.2 Å². The van der Waals surface area contributed by atoms with Crippen molar-refractivity contribution in [1.29, 1.82) is 0 Å². The number of carbonyl (C=O) groups excluding carboxylic acids is 2. The minimum absolute atomic E-state index is 0.111. The molecule has 1 aliphatic rings. The maximum Gasteiger partial charge on any atom is 0.248 e. The molecule has 5 rings (SSSR count). The number of fused-ring (bicyclic) bond motifs is 3.